The molecular weight excluding hydrogens is 566 g/mol. The fraction of sp³-hybridized carbons (Fsp3) is 0.457. The van der Waals surface area contributed by atoms with Gasteiger partial charge in [-0.15, -0.1) is 0 Å². The first-order valence-corrected chi connectivity index (χ1v) is 16.2. The topological polar surface area (TPSA) is 120 Å². The summed E-state index contributed by atoms with van der Waals surface area (Å²) in [4.78, 5) is 32.1. The molecule has 1 amide bonds. The summed E-state index contributed by atoms with van der Waals surface area (Å²) in [5.74, 6) is 3.04. The fourth-order valence-electron chi connectivity index (χ4n) is 6.77. The molecule has 0 unspecified atom stereocenters. The van der Waals surface area contributed by atoms with Crippen molar-refractivity contribution in [1.82, 2.24) is 35.5 Å². The van der Waals surface area contributed by atoms with Gasteiger partial charge in [-0.05, 0) is 59.4 Å². The lowest BCUT2D eigenvalue weighted by Gasteiger charge is -2.35. The zero-order valence-electron chi connectivity index (χ0n) is 26.4. The Labute approximate surface area is 264 Å². The minimum absolute atomic E-state index is 0.0557. The highest BCUT2D eigenvalue weighted by Crippen LogP contribution is 2.36. The lowest BCUT2D eigenvalue weighted by Crippen LogP contribution is -2.56. The van der Waals surface area contributed by atoms with E-state index in [1.54, 1.807) is 0 Å². The number of hydrogen-bond acceptors (Lipinski definition) is 7. The molecule has 10 nitrogen and oxygen atoms in total. The molecule has 0 bridgehead atoms. The van der Waals surface area contributed by atoms with Crippen LogP contribution in [0.3, 0.4) is 0 Å². The Morgan fingerprint density at radius 2 is 1.42 bits per heavy atom. The molecule has 4 aromatic rings. The monoisotopic (exact) mass is 609 g/mol. The quantitative estimate of drug-likeness (QED) is 0.195. The van der Waals surface area contributed by atoms with Gasteiger partial charge in [0.05, 0.1) is 41.9 Å². The molecule has 7 rings (SSSR count). The molecular formula is C35H43N7O3. The van der Waals surface area contributed by atoms with Gasteiger partial charge in [0.1, 0.15) is 11.6 Å². The molecule has 3 fully saturated rings. The molecule has 5 atom stereocenters. The second kappa shape index (κ2) is 12.5. The number of carbonyl (C=O) groups is 1. The average Bonchev–Trinajstić information content (AvgIpc) is 3.83. The third kappa shape index (κ3) is 6.20. The van der Waals surface area contributed by atoms with Gasteiger partial charge in [-0.2, -0.15) is 0 Å². The predicted octanol–water partition coefficient (Wildman–Crippen LogP) is 5.62. The Balaban J connectivity index is 1.03. The van der Waals surface area contributed by atoms with E-state index in [1.807, 2.05) is 31.1 Å². The number of ether oxygens (including phenoxy) is 2. The van der Waals surface area contributed by atoms with Crippen molar-refractivity contribution in [2.45, 2.75) is 65.1 Å². The van der Waals surface area contributed by atoms with E-state index in [-0.39, 0.29) is 24.7 Å². The summed E-state index contributed by atoms with van der Waals surface area (Å²) in [5.41, 5.74) is 6.46. The molecule has 236 valence electrons. The normalized spacial score (nSPS) is 24.3. The Morgan fingerprint density at radius 3 is 1.96 bits per heavy atom. The second-order valence-corrected chi connectivity index (χ2v) is 13.3. The zero-order valence-corrected chi connectivity index (χ0v) is 26.4. The van der Waals surface area contributed by atoms with E-state index in [9.17, 15) is 4.79 Å². The van der Waals surface area contributed by atoms with Gasteiger partial charge in [-0.1, -0.05) is 76.2 Å². The summed E-state index contributed by atoms with van der Waals surface area (Å²) in [6.45, 7) is 10.5. The van der Waals surface area contributed by atoms with Crippen LogP contribution < -0.4 is 10.6 Å². The number of carbonyl (C=O) groups excluding carboxylic acids is 1. The van der Waals surface area contributed by atoms with E-state index in [4.69, 9.17) is 14.5 Å². The van der Waals surface area contributed by atoms with E-state index in [0.717, 1.165) is 64.7 Å². The maximum Gasteiger partial charge on any atom is 0.240 e. The highest BCUT2D eigenvalue weighted by molar-refractivity contribution is 5.83. The van der Waals surface area contributed by atoms with Gasteiger partial charge >= 0.3 is 0 Å². The first-order valence-electron chi connectivity index (χ1n) is 16.2. The van der Waals surface area contributed by atoms with Crippen LogP contribution in [0, 0.1) is 17.8 Å². The van der Waals surface area contributed by atoms with Crippen molar-refractivity contribution < 1.29 is 14.3 Å². The largest absolute Gasteiger partial charge is 0.341 e. The highest BCUT2D eigenvalue weighted by Gasteiger charge is 2.40. The fourth-order valence-corrected chi connectivity index (χ4v) is 6.77. The van der Waals surface area contributed by atoms with E-state index >= 15 is 0 Å². The molecule has 3 aliphatic rings. The molecule has 3 saturated heterocycles. The smallest absolute Gasteiger partial charge is 0.240 e. The maximum atomic E-state index is 13.7. The zero-order chi connectivity index (χ0) is 31.1. The molecule has 2 aromatic heterocycles. The van der Waals surface area contributed by atoms with Gasteiger partial charge in [0.2, 0.25) is 12.3 Å². The van der Waals surface area contributed by atoms with Crippen molar-refractivity contribution in [1.29, 1.82) is 0 Å². The lowest BCUT2D eigenvalue weighted by atomic mass is 10.0. The molecule has 10 heteroatoms. The predicted molar refractivity (Wildman–Crippen MR) is 172 cm³/mol. The van der Waals surface area contributed by atoms with E-state index in [0.29, 0.717) is 24.4 Å². The number of nitrogens with zero attached hydrogens (tertiary/aromatic N) is 3. The van der Waals surface area contributed by atoms with Gasteiger partial charge in [-0.25, -0.2) is 9.97 Å². The van der Waals surface area contributed by atoms with Crippen LogP contribution in [0.15, 0.2) is 60.9 Å². The van der Waals surface area contributed by atoms with Gasteiger partial charge in [-0.3, -0.25) is 10.1 Å². The van der Waals surface area contributed by atoms with Crippen LogP contribution in [0.25, 0.3) is 33.6 Å². The van der Waals surface area contributed by atoms with Crippen LogP contribution in [0.5, 0.6) is 0 Å². The summed E-state index contributed by atoms with van der Waals surface area (Å²) >= 11 is 0. The lowest BCUT2D eigenvalue weighted by molar-refractivity contribution is -0.335. The molecule has 5 heterocycles. The van der Waals surface area contributed by atoms with Crippen LogP contribution in [0.4, 0.5) is 0 Å². The molecule has 0 aliphatic carbocycles. The molecule has 2 aromatic carbocycles. The van der Waals surface area contributed by atoms with E-state index in [1.165, 1.54) is 0 Å². The Kier molecular flexibility index (Phi) is 8.31. The minimum atomic E-state index is -0.524. The number of likely N-dealkylation sites (tertiary alicyclic amines) is 1. The number of nitrogens with one attached hydrogen (secondary N) is 4. The Bertz CT molecular complexity index is 1610. The average molecular weight is 610 g/mol. The molecule has 3 aliphatic heterocycles. The SMILES string of the molecule is CC(C)[C@H](NC1OCO1)C(=O)N1C[C@@H](C)C[C@H]1c1ncc(-c2ccc(-c3ccc(-c4cnc([C@@H]5C[C@H](C)CN5)[nH]4)cc3)cc2)[nH]1. The number of amides is 1. The van der Waals surface area contributed by atoms with E-state index < -0.39 is 12.5 Å². The molecule has 0 spiro atoms. The summed E-state index contributed by atoms with van der Waals surface area (Å²) in [6, 6.07) is 16.9. The van der Waals surface area contributed by atoms with Crippen molar-refractivity contribution in [3.63, 3.8) is 0 Å². The van der Waals surface area contributed by atoms with Crippen LogP contribution >= 0.6 is 0 Å². The van der Waals surface area contributed by atoms with Crippen molar-refractivity contribution in [3.05, 3.63) is 72.6 Å². The number of aromatic nitrogens is 4. The van der Waals surface area contributed by atoms with Gasteiger partial charge in [0.25, 0.3) is 0 Å². The van der Waals surface area contributed by atoms with Crippen LogP contribution in [0.1, 0.15) is 64.3 Å². The Hall–Kier alpha value is -3.83. The van der Waals surface area contributed by atoms with Crippen LogP contribution in [0.2, 0.25) is 0 Å². The van der Waals surface area contributed by atoms with Crippen molar-refractivity contribution in [2.24, 2.45) is 17.8 Å². The molecule has 0 radical (unpaired) electrons. The van der Waals surface area contributed by atoms with E-state index in [2.05, 4.69) is 88.0 Å². The number of benzene rings is 2. The standard InChI is InChI=1S/C35H43N7O3/c1-20(2)31(41-35-44-19-45-35)34(43)42-18-22(4)14-30(42)33-38-17-29(40-33)26-11-7-24(8-12-26)23-5-9-25(10-6-23)28-16-37-32(39-28)27-13-21(3)15-36-27/h5-12,16-17,20-22,27,30-31,35-36,41H,13-15,18-19H2,1-4H3,(H,37,39)(H,38,40)/t21-,22-,27-,30-,31-/m0/s1. The van der Waals surface area contributed by atoms with Crippen LogP contribution in [-0.4, -0.2) is 63.1 Å². The van der Waals surface area contributed by atoms with Crippen molar-refractivity contribution >= 4 is 5.91 Å². The van der Waals surface area contributed by atoms with Crippen LogP contribution in [-0.2, 0) is 14.3 Å². The van der Waals surface area contributed by atoms with Crippen molar-refractivity contribution in [3.8, 4) is 33.6 Å². The summed E-state index contributed by atoms with van der Waals surface area (Å²) in [5, 5.41) is 6.77. The third-order valence-electron chi connectivity index (χ3n) is 9.39. The number of aromatic amines is 2. The summed E-state index contributed by atoms with van der Waals surface area (Å²) < 4.78 is 10.7. The second-order valence-electron chi connectivity index (χ2n) is 13.3. The molecule has 45 heavy (non-hydrogen) atoms. The number of imidazole rings is 2. The minimum Gasteiger partial charge on any atom is -0.341 e. The number of rotatable bonds is 9. The van der Waals surface area contributed by atoms with Gasteiger partial charge < -0.3 is 29.7 Å². The number of H-pyrrole nitrogens is 2. The van der Waals surface area contributed by atoms with Crippen molar-refractivity contribution in [2.75, 3.05) is 19.9 Å². The third-order valence-corrected chi connectivity index (χ3v) is 9.39. The Morgan fingerprint density at radius 1 is 0.844 bits per heavy atom. The molecule has 4 N–H and O–H groups in total. The summed E-state index contributed by atoms with van der Waals surface area (Å²) in [6.07, 6.45) is 5.26. The maximum absolute atomic E-state index is 13.7. The first-order chi connectivity index (χ1) is 21.8. The molecule has 0 saturated carbocycles. The van der Waals surface area contributed by atoms with Gasteiger partial charge in [0, 0.05) is 6.54 Å². The van der Waals surface area contributed by atoms with Gasteiger partial charge in [0.15, 0.2) is 6.79 Å². The number of hydrogen-bond donors (Lipinski definition) is 4. The highest BCUT2D eigenvalue weighted by atomic mass is 16.9. The first kappa shape index (κ1) is 29.9. The summed E-state index contributed by atoms with van der Waals surface area (Å²) in [7, 11) is 0.